The van der Waals surface area contributed by atoms with Crippen molar-refractivity contribution in [3.05, 3.63) is 70.3 Å². The van der Waals surface area contributed by atoms with Crippen LogP contribution in [0.2, 0.25) is 0 Å². The highest BCUT2D eigenvalue weighted by atomic mass is 32.2. The summed E-state index contributed by atoms with van der Waals surface area (Å²) in [4.78, 5) is 24.2. The van der Waals surface area contributed by atoms with E-state index in [1.807, 2.05) is 0 Å². The number of aromatic amines is 1. The second kappa shape index (κ2) is 8.23. The minimum atomic E-state index is -0.700. The van der Waals surface area contributed by atoms with E-state index in [-0.39, 0.29) is 16.3 Å². The van der Waals surface area contributed by atoms with E-state index in [2.05, 4.69) is 19.7 Å². The van der Waals surface area contributed by atoms with Gasteiger partial charge in [-0.15, -0.1) is 0 Å². The number of H-pyrrole nitrogens is 1. The molecule has 0 radical (unpaired) electrons. The number of rotatable bonds is 5. The molecule has 7 nitrogen and oxygen atoms in total. The number of anilines is 2. The number of nitrogens with one attached hydrogen (secondary N) is 2. The average Bonchev–Trinajstić information content (AvgIpc) is 2.72. The van der Waals surface area contributed by atoms with Crippen LogP contribution >= 0.6 is 11.9 Å². The van der Waals surface area contributed by atoms with Crippen molar-refractivity contribution in [3.63, 3.8) is 0 Å². The summed E-state index contributed by atoms with van der Waals surface area (Å²) in [6.45, 7) is 1.80. The van der Waals surface area contributed by atoms with Crippen LogP contribution < -0.4 is 20.8 Å². The maximum Gasteiger partial charge on any atom is 0.256 e. The normalized spacial score (nSPS) is 11.0. The third-order valence-electron chi connectivity index (χ3n) is 4.57. The molecule has 0 bridgehead atoms. The molecular formula is C21H17F2N5O2S. The van der Waals surface area contributed by atoms with Gasteiger partial charge in [-0.3, -0.25) is 4.79 Å². The first kappa shape index (κ1) is 20.6. The molecule has 10 heteroatoms. The van der Waals surface area contributed by atoms with E-state index in [9.17, 15) is 13.6 Å². The Hall–Kier alpha value is -3.66. The van der Waals surface area contributed by atoms with E-state index in [4.69, 9.17) is 10.5 Å². The molecule has 4 N–H and O–H groups in total. The lowest BCUT2D eigenvalue weighted by molar-refractivity contribution is 0.400. The molecule has 3 aromatic heterocycles. The Morgan fingerprint density at radius 1 is 1.19 bits per heavy atom. The van der Waals surface area contributed by atoms with Gasteiger partial charge in [-0.2, -0.15) is 0 Å². The molecule has 0 fully saturated rings. The Bertz CT molecular complexity index is 1360. The molecule has 1 aromatic carbocycles. The van der Waals surface area contributed by atoms with Crippen molar-refractivity contribution in [2.75, 3.05) is 17.6 Å². The fourth-order valence-electron chi connectivity index (χ4n) is 3.11. The molecule has 0 aliphatic rings. The quantitative estimate of drug-likeness (QED) is 0.397. The summed E-state index contributed by atoms with van der Waals surface area (Å²) < 4.78 is 35.3. The van der Waals surface area contributed by atoms with Gasteiger partial charge in [-0.05, 0) is 43.1 Å². The zero-order chi connectivity index (χ0) is 22.1. The van der Waals surface area contributed by atoms with Crippen LogP contribution in [0.3, 0.4) is 0 Å². The number of aryl methyl sites for hydroxylation is 1. The van der Waals surface area contributed by atoms with E-state index in [0.29, 0.717) is 33.8 Å². The van der Waals surface area contributed by atoms with Gasteiger partial charge in [-0.25, -0.2) is 18.7 Å². The fourth-order valence-corrected chi connectivity index (χ4v) is 3.77. The van der Waals surface area contributed by atoms with E-state index >= 15 is 0 Å². The summed E-state index contributed by atoms with van der Waals surface area (Å²) in [7, 11) is 1.44. The van der Waals surface area contributed by atoms with E-state index in [0.717, 1.165) is 29.5 Å². The minimum Gasteiger partial charge on any atom is -0.480 e. The smallest absolute Gasteiger partial charge is 0.256 e. The Kier molecular flexibility index (Phi) is 5.47. The molecule has 4 rings (SSSR count). The molecule has 0 saturated heterocycles. The number of hydrogen-bond donors (Lipinski definition) is 3. The van der Waals surface area contributed by atoms with Crippen molar-refractivity contribution in [2.24, 2.45) is 0 Å². The summed E-state index contributed by atoms with van der Waals surface area (Å²) in [5.41, 5.74) is 8.00. The van der Waals surface area contributed by atoms with E-state index in [1.165, 1.54) is 19.4 Å². The second-order valence-electron chi connectivity index (χ2n) is 6.67. The summed E-state index contributed by atoms with van der Waals surface area (Å²) in [6.07, 6.45) is 1.50. The number of methoxy groups -OCH3 is 1. The highest BCUT2D eigenvalue weighted by Crippen LogP contribution is 2.32. The second-order valence-corrected chi connectivity index (χ2v) is 7.51. The van der Waals surface area contributed by atoms with Crippen molar-refractivity contribution in [1.29, 1.82) is 0 Å². The number of ether oxygens (including phenoxy) is 1. The van der Waals surface area contributed by atoms with Crippen molar-refractivity contribution < 1.29 is 13.5 Å². The maximum atomic E-state index is 13.9. The monoisotopic (exact) mass is 441 g/mol. The number of aromatic nitrogens is 3. The van der Waals surface area contributed by atoms with Crippen molar-refractivity contribution in [2.45, 2.75) is 11.8 Å². The van der Waals surface area contributed by atoms with E-state index < -0.39 is 11.6 Å². The van der Waals surface area contributed by atoms with Crippen LogP contribution in [0.25, 0.3) is 22.0 Å². The molecule has 3 heterocycles. The van der Waals surface area contributed by atoms with Gasteiger partial charge in [0, 0.05) is 40.5 Å². The van der Waals surface area contributed by atoms with Gasteiger partial charge >= 0.3 is 0 Å². The molecule has 0 aliphatic carbocycles. The molecule has 0 aliphatic heterocycles. The van der Waals surface area contributed by atoms with Crippen LogP contribution in [0, 0.1) is 18.6 Å². The van der Waals surface area contributed by atoms with Gasteiger partial charge in [0.2, 0.25) is 5.88 Å². The van der Waals surface area contributed by atoms with Crippen molar-refractivity contribution in [3.8, 4) is 17.0 Å². The number of nitrogen functional groups attached to an aromatic ring is 1. The summed E-state index contributed by atoms with van der Waals surface area (Å²) in [5, 5.41) is 0.747. The highest BCUT2D eigenvalue weighted by molar-refractivity contribution is 8.00. The van der Waals surface area contributed by atoms with Crippen LogP contribution in [0.1, 0.15) is 5.69 Å². The zero-order valence-electron chi connectivity index (χ0n) is 16.5. The van der Waals surface area contributed by atoms with Gasteiger partial charge in [0.15, 0.2) is 0 Å². The predicted molar refractivity (Wildman–Crippen MR) is 117 cm³/mol. The lowest BCUT2D eigenvalue weighted by atomic mass is 10.1. The van der Waals surface area contributed by atoms with Gasteiger partial charge in [0.25, 0.3) is 5.56 Å². The first-order valence-corrected chi connectivity index (χ1v) is 9.90. The number of pyridine rings is 3. The first-order chi connectivity index (χ1) is 14.9. The number of nitrogens with zero attached hydrogens (tertiary/aromatic N) is 2. The number of fused-ring (bicyclic) bond motifs is 1. The SMILES string of the molecule is COc1ncc(-c2cc3c(C)nc(N)cc3[nH]c2=O)cc1NSc1ccc(F)cc1F. The topological polar surface area (TPSA) is 106 Å². The first-order valence-electron chi connectivity index (χ1n) is 9.08. The van der Waals surface area contributed by atoms with Crippen LogP contribution in [0.4, 0.5) is 20.3 Å². The van der Waals surface area contributed by atoms with Gasteiger partial charge in [0.05, 0.1) is 17.5 Å². The van der Waals surface area contributed by atoms with Crippen LogP contribution in [-0.4, -0.2) is 22.1 Å². The molecular weight excluding hydrogens is 424 g/mol. The molecule has 158 valence electrons. The Morgan fingerprint density at radius 2 is 2.00 bits per heavy atom. The molecule has 0 amide bonds. The lowest BCUT2D eigenvalue weighted by Crippen LogP contribution is -2.10. The summed E-state index contributed by atoms with van der Waals surface area (Å²) in [5.74, 6) is -0.795. The lowest BCUT2D eigenvalue weighted by Gasteiger charge is -2.12. The van der Waals surface area contributed by atoms with Crippen molar-refractivity contribution >= 4 is 34.4 Å². The third-order valence-corrected chi connectivity index (χ3v) is 5.44. The maximum absolute atomic E-state index is 13.9. The third kappa shape index (κ3) is 4.15. The van der Waals surface area contributed by atoms with Gasteiger partial charge in [0.1, 0.15) is 23.1 Å². The number of halogens is 2. The van der Waals surface area contributed by atoms with Crippen LogP contribution in [0.15, 0.2) is 52.3 Å². The largest absolute Gasteiger partial charge is 0.480 e. The summed E-state index contributed by atoms with van der Waals surface area (Å²) in [6, 6.07) is 8.26. The molecule has 0 unspecified atom stereocenters. The van der Waals surface area contributed by atoms with E-state index in [1.54, 1.807) is 25.1 Å². The molecule has 31 heavy (non-hydrogen) atoms. The van der Waals surface area contributed by atoms with Gasteiger partial charge in [-0.1, -0.05) is 0 Å². The standard InChI is InChI=1S/C21H17F2N5O2S/c1-10-13-7-14(20(29)27-16(13)8-19(24)26-10)11-5-17(21(30-2)25-9-11)28-31-18-4-3-12(22)6-15(18)23/h3-9,28H,1-2H3,(H2,24,26)(H,27,29). The predicted octanol–water partition coefficient (Wildman–Crippen LogP) is 4.28. The highest BCUT2D eigenvalue weighted by Gasteiger charge is 2.14. The Balaban J connectivity index is 1.73. The number of benzene rings is 1. The fraction of sp³-hybridized carbons (Fsp3) is 0.0952. The van der Waals surface area contributed by atoms with Crippen LogP contribution in [-0.2, 0) is 0 Å². The van der Waals surface area contributed by atoms with Gasteiger partial charge < -0.3 is 20.2 Å². The molecule has 4 aromatic rings. The zero-order valence-corrected chi connectivity index (χ0v) is 17.3. The van der Waals surface area contributed by atoms with Crippen molar-refractivity contribution in [1.82, 2.24) is 15.0 Å². The Labute approximate surface area is 179 Å². The number of hydrogen-bond acceptors (Lipinski definition) is 7. The number of nitrogens with two attached hydrogens (primary N) is 1. The molecule has 0 spiro atoms. The summed E-state index contributed by atoms with van der Waals surface area (Å²) >= 11 is 0.932. The molecule has 0 atom stereocenters. The Morgan fingerprint density at radius 3 is 2.74 bits per heavy atom. The van der Waals surface area contributed by atoms with Crippen LogP contribution in [0.5, 0.6) is 5.88 Å². The minimum absolute atomic E-state index is 0.191. The average molecular weight is 441 g/mol. The molecule has 0 saturated carbocycles.